The van der Waals surface area contributed by atoms with Crippen molar-refractivity contribution in [2.75, 3.05) is 6.54 Å². The van der Waals surface area contributed by atoms with Crippen LogP contribution in [0.5, 0.6) is 0 Å². The molecule has 1 aliphatic heterocycles. The predicted octanol–water partition coefficient (Wildman–Crippen LogP) is 1.11. The van der Waals surface area contributed by atoms with Gasteiger partial charge in [-0.05, 0) is 26.2 Å². The summed E-state index contributed by atoms with van der Waals surface area (Å²) in [6.45, 7) is 4.54. The number of carbonyl (C=O) groups excluding carboxylic acids is 1. The third-order valence-corrected chi connectivity index (χ3v) is 3.00. The molecule has 1 heterocycles. The molecule has 0 unspecified atom stereocenters. The quantitative estimate of drug-likeness (QED) is 0.740. The Hall–Kier alpha value is -1.06. The maximum atomic E-state index is 11.4. The molecule has 0 aromatic carbocycles. The van der Waals surface area contributed by atoms with Crippen LogP contribution in [0.3, 0.4) is 0 Å². The maximum absolute atomic E-state index is 11.4. The van der Waals surface area contributed by atoms with Gasteiger partial charge in [0.15, 0.2) is 0 Å². The van der Waals surface area contributed by atoms with Crippen LogP contribution in [-0.2, 0) is 9.59 Å². The molecule has 14 heavy (non-hydrogen) atoms. The Morgan fingerprint density at radius 2 is 2.29 bits per heavy atom. The van der Waals surface area contributed by atoms with Crippen LogP contribution in [-0.4, -0.2) is 34.5 Å². The van der Waals surface area contributed by atoms with Gasteiger partial charge in [0.1, 0.15) is 0 Å². The highest BCUT2D eigenvalue weighted by molar-refractivity contribution is 5.77. The fourth-order valence-electron chi connectivity index (χ4n) is 2.14. The Labute approximate surface area is 83.9 Å². The van der Waals surface area contributed by atoms with E-state index in [2.05, 4.69) is 0 Å². The Kier molecular flexibility index (Phi) is 3.49. The van der Waals surface area contributed by atoms with Crippen LogP contribution in [0.15, 0.2) is 0 Å². The van der Waals surface area contributed by atoms with E-state index in [4.69, 9.17) is 5.11 Å². The first kappa shape index (κ1) is 11.0. The third-order valence-electron chi connectivity index (χ3n) is 3.00. The van der Waals surface area contributed by atoms with E-state index >= 15 is 0 Å². The number of aliphatic carboxylic acids is 1. The van der Waals surface area contributed by atoms with Crippen molar-refractivity contribution in [2.24, 2.45) is 5.92 Å². The SMILES string of the molecule is CCN1C(=O)CC[C@H](CC(=O)O)[C@H]1C. The summed E-state index contributed by atoms with van der Waals surface area (Å²) in [6.07, 6.45) is 1.38. The minimum absolute atomic E-state index is 0.0670. The lowest BCUT2D eigenvalue weighted by Gasteiger charge is -2.38. The zero-order valence-corrected chi connectivity index (χ0v) is 8.69. The van der Waals surface area contributed by atoms with E-state index in [1.54, 1.807) is 4.90 Å². The zero-order chi connectivity index (χ0) is 10.7. The Morgan fingerprint density at radius 1 is 1.64 bits per heavy atom. The van der Waals surface area contributed by atoms with Crippen LogP contribution < -0.4 is 0 Å². The largest absolute Gasteiger partial charge is 0.481 e. The number of likely N-dealkylation sites (tertiary alicyclic amines) is 1. The summed E-state index contributed by atoms with van der Waals surface area (Å²) >= 11 is 0. The lowest BCUT2D eigenvalue weighted by atomic mass is 9.87. The van der Waals surface area contributed by atoms with Gasteiger partial charge >= 0.3 is 5.97 Å². The minimum atomic E-state index is -0.771. The molecule has 1 rings (SSSR count). The van der Waals surface area contributed by atoms with Gasteiger partial charge in [-0.1, -0.05) is 0 Å². The van der Waals surface area contributed by atoms with Crippen molar-refractivity contribution < 1.29 is 14.7 Å². The topological polar surface area (TPSA) is 57.6 Å². The van der Waals surface area contributed by atoms with E-state index in [9.17, 15) is 9.59 Å². The van der Waals surface area contributed by atoms with E-state index in [1.807, 2.05) is 13.8 Å². The van der Waals surface area contributed by atoms with Crippen LogP contribution in [0.4, 0.5) is 0 Å². The molecule has 0 aromatic rings. The standard InChI is InChI=1S/C10H17NO3/c1-3-11-7(2)8(6-10(13)14)4-5-9(11)12/h7-8H,3-6H2,1-2H3,(H,13,14)/t7-,8-/m1/s1. The molecule has 4 heteroatoms. The summed E-state index contributed by atoms with van der Waals surface area (Å²) in [5.41, 5.74) is 0. The first-order chi connectivity index (χ1) is 6.56. The number of nitrogens with zero attached hydrogens (tertiary/aromatic N) is 1. The van der Waals surface area contributed by atoms with Crippen molar-refractivity contribution in [1.29, 1.82) is 0 Å². The summed E-state index contributed by atoms with van der Waals surface area (Å²) in [5, 5.41) is 8.70. The summed E-state index contributed by atoms with van der Waals surface area (Å²) in [4.78, 5) is 23.8. The highest BCUT2D eigenvalue weighted by Gasteiger charge is 2.32. The second kappa shape index (κ2) is 4.44. The molecule has 1 aliphatic rings. The lowest BCUT2D eigenvalue weighted by molar-refractivity contribution is -0.144. The zero-order valence-electron chi connectivity index (χ0n) is 8.69. The molecule has 80 valence electrons. The van der Waals surface area contributed by atoms with Crippen LogP contribution in [0, 0.1) is 5.92 Å². The van der Waals surface area contributed by atoms with Crippen molar-refractivity contribution in [1.82, 2.24) is 4.90 Å². The highest BCUT2D eigenvalue weighted by Crippen LogP contribution is 2.26. The van der Waals surface area contributed by atoms with Gasteiger partial charge in [-0.25, -0.2) is 0 Å². The molecule has 1 amide bonds. The van der Waals surface area contributed by atoms with Crippen LogP contribution in [0.25, 0.3) is 0 Å². The Balaban J connectivity index is 2.63. The van der Waals surface area contributed by atoms with Gasteiger partial charge in [0, 0.05) is 19.0 Å². The number of rotatable bonds is 3. The van der Waals surface area contributed by atoms with Crippen molar-refractivity contribution >= 4 is 11.9 Å². The second-order valence-corrected chi connectivity index (χ2v) is 3.82. The number of carbonyl (C=O) groups is 2. The van der Waals surface area contributed by atoms with Crippen LogP contribution in [0.2, 0.25) is 0 Å². The van der Waals surface area contributed by atoms with Crippen LogP contribution >= 0.6 is 0 Å². The Bertz CT molecular complexity index is 240. The number of carboxylic acids is 1. The van der Waals surface area contributed by atoms with Gasteiger partial charge in [-0.2, -0.15) is 0 Å². The predicted molar refractivity (Wildman–Crippen MR) is 51.8 cm³/mol. The molecule has 1 saturated heterocycles. The van der Waals surface area contributed by atoms with E-state index < -0.39 is 5.97 Å². The molecular formula is C10H17NO3. The fraction of sp³-hybridized carbons (Fsp3) is 0.800. The average molecular weight is 199 g/mol. The number of hydrogen-bond donors (Lipinski definition) is 1. The molecule has 2 atom stereocenters. The van der Waals surface area contributed by atoms with Gasteiger partial charge in [-0.3, -0.25) is 9.59 Å². The molecule has 1 fully saturated rings. The molecule has 4 nitrogen and oxygen atoms in total. The van der Waals surface area contributed by atoms with E-state index in [0.29, 0.717) is 19.4 Å². The molecule has 0 bridgehead atoms. The third kappa shape index (κ3) is 2.25. The normalized spacial score (nSPS) is 27.9. The molecule has 0 aliphatic carbocycles. The highest BCUT2D eigenvalue weighted by atomic mass is 16.4. The molecular weight excluding hydrogens is 182 g/mol. The summed E-state index contributed by atoms with van der Waals surface area (Å²) < 4.78 is 0. The van der Waals surface area contributed by atoms with Gasteiger partial charge < -0.3 is 10.0 Å². The van der Waals surface area contributed by atoms with Crippen molar-refractivity contribution in [3.05, 3.63) is 0 Å². The number of hydrogen-bond acceptors (Lipinski definition) is 2. The van der Waals surface area contributed by atoms with E-state index in [1.165, 1.54) is 0 Å². The van der Waals surface area contributed by atoms with Gasteiger partial charge in [0.25, 0.3) is 0 Å². The molecule has 0 spiro atoms. The lowest BCUT2D eigenvalue weighted by Crippen LogP contribution is -2.47. The fourth-order valence-corrected chi connectivity index (χ4v) is 2.14. The van der Waals surface area contributed by atoms with E-state index in [-0.39, 0.29) is 24.3 Å². The molecule has 0 saturated carbocycles. The van der Waals surface area contributed by atoms with Gasteiger partial charge in [0.05, 0.1) is 6.42 Å². The van der Waals surface area contributed by atoms with Crippen molar-refractivity contribution in [3.8, 4) is 0 Å². The second-order valence-electron chi connectivity index (χ2n) is 3.82. The van der Waals surface area contributed by atoms with Crippen LogP contribution in [0.1, 0.15) is 33.1 Å². The molecule has 0 radical (unpaired) electrons. The Morgan fingerprint density at radius 3 is 2.79 bits per heavy atom. The molecule has 0 aromatic heterocycles. The number of amides is 1. The van der Waals surface area contributed by atoms with E-state index in [0.717, 1.165) is 0 Å². The van der Waals surface area contributed by atoms with Crippen molar-refractivity contribution in [2.45, 2.75) is 39.2 Å². The minimum Gasteiger partial charge on any atom is -0.481 e. The molecule has 1 N–H and O–H groups in total. The first-order valence-corrected chi connectivity index (χ1v) is 5.07. The number of piperidine rings is 1. The van der Waals surface area contributed by atoms with Gasteiger partial charge in [-0.15, -0.1) is 0 Å². The average Bonchev–Trinajstić information content (AvgIpc) is 2.10. The number of carboxylic acid groups (broad SMARTS) is 1. The summed E-state index contributed by atoms with van der Waals surface area (Å²) in [6, 6.07) is 0.0670. The van der Waals surface area contributed by atoms with Gasteiger partial charge in [0.2, 0.25) is 5.91 Å². The summed E-state index contributed by atoms with van der Waals surface area (Å²) in [5.74, 6) is -0.501. The smallest absolute Gasteiger partial charge is 0.303 e. The monoisotopic (exact) mass is 199 g/mol. The van der Waals surface area contributed by atoms with Crippen molar-refractivity contribution in [3.63, 3.8) is 0 Å². The summed E-state index contributed by atoms with van der Waals surface area (Å²) in [7, 11) is 0. The maximum Gasteiger partial charge on any atom is 0.303 e. The first-order valence-electron chi connectivity index (χ1n) is 5.07.